The molecule has 21 nitrogen and oxygen atoms in total. The molecular formula is C46H85N3O18S. The molecule has 0 saturated carbocycles. The minimum atomic E-state index is -1.97. The smallest absolute Gasteiger partial charge is 0.327 e. The van der Waals surface area contributed by atoms with Crippen molar-refractivity contribution >= 4 is 36.2 Å². The number of hydrogen-bond donors (Lipinski definition) is 8. The molecule has 7 N–H and O–H groups in total. The summed E-state index contributed by atoms with van der Waals surface area (Å²) in [6, 6.07) is -1.20. The van der Waals surface area contributed by atoms with Gasteiger partial charge in [0.2, 0.25) is 12.7 Å². The molecule has 3 aliphatic rings. The van der Waals surface area contributed by atoms with Crippen molar-refractivity contribution in [1.29, 1.82) is 0 Å². The summed E-state index contributed by atoms with van der Waals surface area (Å²) in [6.07, 6.45) is -9.49. The number of hydrogen-bond acceptors (Lipinski definition) is 20. The lowest BCUT2D eigenvalue weighted by Crippen LogP contribution is -2.61. The molecule has 0 aromatic rings. The normalized spacial score (nSPS) is 40.9. The topological polar surface area (TPSA) is 283 Å². The van der Waals surface area contributed by atoms with Gasteiger partial charge in [0.15, 0.2) is 12.6 Å². The Morgan fingerprint density at radius 1 is 0.956 bits per heavy atom. The highest BCUT2D eigenvalue weighted by Crippen LogP contribution is 2.41. The van der Waals surface area contributed by atoms with Gasteiger partial charge in [-0.1, -0.05) is 32.9 Å². The zero-order valence-corrected chi connectivity index (χ0v) is 43.7. The number of carbonyl (C=O) groups excluding carboxylic acids is 2. The highest BCUT2D eigenvalue weighted by molar-refractivity contribution is 7.80. The zero-order valence-electron chi connectivity index (χ0n) is 42.8. The first-order valence-corrected chi connectivity index (χ1v) is 24.1. The molecule has 3 heterocycles. The molecule has 3 rings (SSSR count). The van der Waals surface area contributed by atoms with Gasteiger partial charge in [0.25, 0.3) is 0 Å². The first-order chi connectivity index (χ1) is 31.5. The number of likely N-dealkylation sites (N-methyl/N-ethyl adjacent to an activating group) is 1. The first kappa shape index (κ1) is 61.8. The molecule has 3 fully saturated rings. The lowest BCUT2D eigenvalue weighted by molar-refractivity contribution is -0.317. The van der Waals surface area contributed by atoms with Gasteiger partial charge < -0.3 is 83.6 Å². The molecule has 1 amide bonds. The second-order valence-electron chi connectivity index (χ2n) is 19.5. The van der Waals surface area contributed by atoms with Gasteiger partial charge in [-0.3, -0.25) is 9.59 Å². The van der Waals surface area contributed by atoms with Gasteiger partial charge in [-0.2, -0.15) is 12.6 Å². The van der Waals surface area contributed by atoms with Crippen LogP contribution in [0.2, 0.25) is 0 Å². The van der Waals surface area contributed by atoms with Crippen LogP contribution >= 0.6 is 12.6 Å². The molecule has 0 aromatic heterocycles. The molecule has 0 aromatic carbocycles. The lowest BCUT2D eigenvalue weighted by atomic mass is 9.73. The summed E-state index contributed by atoms with van der Waals surface area (Å²) >= 11 is 3.73. The number of aliphatic hydroxyl groups excluding tert-OH is 3. The number of aliphatic carboxylic acids is 1. The third kappa shape index (κ3) is 16.6. The zero-order chi connectivity index (χ0) is 52.1. The minimum absolute atomic E-state index is 0.0307. The van der Waals surface area contributed by atoms with E-state index in [0.717, 1.165) is 0 Å². The molecular weight excluding hydrogens is 915 g/mol. The van der Waals surface area contributed by atoms with E-state index in [1.54, 1.807) is 55.6 Å². The number of carboxylic acids is 1. The fraction of sp³-hybridized carbons (Fsp3) is 0.913. The number of nitrogens with zero attached hydrogens (tertiary/aromatic N) is 2. The van der Waals surface area contributed by atoms with E-state index in [4.69, 9.17) is 47.8 Å². The van der Waals surface area contributed by atoms with Crippen LogP contribution in [-0.4, -0.2) is 203 Å². The van der Waals surface area contributed by atoms with E-state index in [2.05, 4.69) is 23.1 Å². The van der Waals surface area contributed by atoms with Crippen molar-refractivity contribution in [3.63, 3.8) is 0 Å². The van der Waals surface area contributed by atoms with Crippen molar-refractivity contribution in [1.82, 2.24) is 10.2 Å². The molecule has 0 spiro atoms. The number of rotatable bonds is 16. The predicted octanol–water partition coefficient (Wildman–Crippen LogP) is 1.72. The number of methoxy groups -OCH3 is 2. The molecule has 0 aliphatic carbocycles. The van der Waals surface area contributed by atoms with Gasteiger partial charge in [-0.15, -0.1) is 0 Å². The summed E-state index contributed by atoms with van der Waals surface area (Å²) in [4.78, 5) is 42.3. The number of aliphatic hydroxyl groups is 5. The molecule has 398 valence electrons. The Morgan fingerprint density at radius 2 is 1.59 bits per heavy atom. The van der Waals surface area contributed by atoms with Crippen LogP contribution in [0.25, 0.3) is 0 Å². The number of oxime groups is 1. The van der Waals surface area contributed by atoms with E-state index in [0.29, 0.717) is 18.7 Å². The Hall–Kier alpha value is -2.29. The van der Waals surface area contributed by atoms with Crippen LogP contribution in [0.5, 0.6) is 0 Å². The van der Waals surface area contributed by atoms with Gasteiger partial charge in [0.05, 0.1) is 66.6 Å². The summed E-state index contributed by atoms with van der Waals surface area (Å²) in [5.74, 6) is -5.46. The van der Waals surface area contributed by atoms with E-state index in [1.807, 2.05) is 32.8 Å². The second kappa shape index (κ2) is 27.5. The Bertz CT molecular complexity index is 1590. The van der Waals surface area contributed by atoms with Crippen LogP contribution in [0.15, 0.2) is 5.16 Å². The SMILES string of the molecule is CC(=O)NC(CS)C(=O)O.CC[C@H]1OC(=O)[C@H](C)[C@@H](O[C@H]2C[C@@](C)(OC)[C@@H](O)[C@H](C)O2)[C@H](C)[C@@H](O[C@@H]2O[C@H](C)C[C@H](N(C)C)[C@H]2O)[C@](C)(O)C[C@@H](C)/C(=N\OCOCCOC)[C@H](C)[C@@H](O)[C@]1(C)O. The molecule has 0 bridgehead atoms. The number of ether oxygens (including phenoxy) is 8. The standard InChI is InChI=1S/C41H76N2O15.C5H9NO3S/c1-15-29-41(10,49)34(45)24(4)31(42-53-21-52-17-16-50-13)22(2)19-39(8,48)36(58-38-32(44)28(43(11)12)18-23(3)54-38)25(5)33(26(6)37(47)56-29)57-30-20-40(9,51-14)35(46)27(7)55-30;1-3(7)6-4(2-10)5(8)9/h22-30,32-36,38,44-46,48-49H,15-21H2,1-14H3;4,10H,2H2,1H3,(H,6,7)(H,8,9)/b42-31+;/t22-,23-,24+,25+,26-,27+,28+,29-,30+,32-,33+,34-,35+,36-,38+,39-,40-,41-;/m1./s1. The lowest BCUT2D eigenvalue weighted by Gasteiger charge is -2.49. The highest BCUT2D eigenvalue weighted by atomic mass is 32.1. The summed E-state index contributed by atoms with van der Waals surface area (Å²) in [5.41, 5.74) is -4.49. The summed E-state index contributed by atoms with van der Waals surface area (Å²) in [5, 5.41) is 74.1. The summed E-state index contributed by atoms with van der Waals surface area (Å²) in [7, 11) is 6.76. The van der Waals surface area contributed by atoms with Gasteiger partial charge in [-0.05, 0) is 74.9 Å². The van der Waals surface area contributed by atoms with Gasteiger partial charge in [-0.25, -0.2) is 4.79 Å². The molecule has 68 heavy (non-hydrogen) atoms. The number of nitrogens with one attached hydrogen (secondary N) is 1. The summed E-state index contributed by atoms with van der Waals surface area (Å²) in [6.45, 7) is 18.6. The number of esters is 1. The Kier molecular flexibility index (Phi) is 25.0. The maximum Gasteiger partial charge on any atom is 0.327 e. The molecule has 3 saturated heterocycles. The van der Waals surface area contributed by atoms with Crippen molar-refractivity contribution in [2.45, 2.75) is 192 Å². The molecule has 19 atom stereocenters. The number of carboxylic acid groups (broad SMARTS) is 1. The third-order valence-corrected chi connectivity index (χ3v) is 13.8. The molecule has 1 unspecified atom stereocenters. The Balaban J connectivity index is 0.00000142. The maximum absolute atomic E-state index is 14.3. The maximum atomic E-state index is 14.3. The quantitative estimate of drug-likeness (QED) is 0.0359. The van der Waals surface area contributed by atoms with E-state index in [1.165, 1.54) is 21.0 Å². The van der Waals surface area contributed by atoms with Gasteiger partial charge >= 0.3 is 11.9 Å². The van der Waals surface area contributed by atoms with E-state index in [-0.39, 0.29) is 56.5 Å². The number of thiol groups is 1. The van der Waals surface area contributed by atoms with Crippen molar-refractivity contribution in [2.75, 3.05) is 54.1 Å². The van der Waals surface area contributed by atoms with Crippen LogP contribution in [-0.2, 0) is 57.1 Å². The van der Waals surface area contributed by atoms with Crippen LogP contribution in [0.3, 0.4) is 0 Å². The Morgan fingerprint density at radius 3 is 2.10 bits per heavy atom. The average molecular weight is 1000 g/mol. The molecule has 0 radical (unpaired) electrons. The minimum Gasteiger partial charge on any atom is -0.480 e. The van der Waals surface area contributed by atoms with Crippen LogP contribution in [0.1, 0.15) is 102 Å². The van der Waals surface area contributed by atoms with Crippen molar-refractivity contribution in [3.05, 3.63) is 0 Å². The number of cyclic esters (lactones) is 1. The van der Waals surface area contributed by atoms with Crippen molar-refractivity contribution in [3.8, 4) is 0 Å². The van der Waals surface area contributed by atoms with E-state index in [9.17, 15) is 39.9 Å². The predicted molar refractivity (Wildman–Crippen MR) is 252 cm³/mol. The van der Waals surface area contributed by atoms with Crippen LogP contribution in [0.4, 0.5) is 0 Å². The second-order valence-corrected chi connectivity index (χ2v) is 19.9. The number of carbonyl (C=O) groups is 3. The fourth-order valence-corrected chi connectivity index (χ4v) is 9.61. The highest BCUT2D eigenvalue weighted by Gasteiger charge is 2.53. The Labute approximate surface area is 408 Å². The molecule has 22 heteroatoms. The van der Waals surface area contributed by atoms with Crippen molar-refractivity contribution < 1.29 is 87.8 Å². The van der Waals surface area contributed by atoms with E-state index >= 15 is 0 Å². The average Bonchev–Trinajstić information content (AvgIpc) is 3.26. The van der Waals surface area contributed by atoms with Gasteiger partial charge in [0.1, 0.15) is 30.0 Å². The summed E-state index contributed by atoms with van der Waals surface area (Å²) < 4.78 is 48.1. The largest absolute Gasteiger partial charge is 0.480 e. The number of amides is 1. The third-order valence-electron chi connectivity index (χ3n) is 13.5. The van der Waals surface area contributed by atoms with Crippen LogP contribution < -0.4 is 5.32 Å². The van der Waals surface area contributed by atoms with Gasteiger partial charge in [0, 0.05) is 57.1 Å². The van der Waals surface area contributed by atoms with Crippen molar-refractivity contribution in [2.24, 2.45) is 28.8 Å². The van der Waals surface area contributed by atoms with E-state index < -0.39 is 114 Å². The monoisotopic (exact) mass is 1000 g/mol. The first-order valence-electron chi connectivity index (χ1n) is 23.4. The molecule has 3 aliphatic heterocycles. The fourth-order valence-electron chi connectivity index (χ4n) is 9.36. The van der Waals surface area contributed by atoms with Crippen LogP contribution in [0, 0.1) is 23.7 Å².